The lowest BCUT2D eigenvalue weighted by atomic mass is 10.0. The minimum absolute atomic E-state index is 0.182. The number of thiophene rings is 1. The number of aryl methyl sites for hydroxylation is 1. The largest absolute Gasteiger partial charge is 0.369 e. The van der Waals surface area contributed by atoms with Crippen molar-refractivity contribution in [1.82, 2.24) is 10.2 Å². The first-order valence-corrected chi connectivity index (χ1v) is 12.5. The molecule has 1 aliphatic heterocycles. The summed E-state index contributed by atoms with van der Waals surface area (Å²) < 4.78 is 0. The van der Waals surface area contributed by atoms with E-state index in [4.69, 9.17) is 12.2 Å². The molecule has 4 rings (SSSR count). The van der Waals surface area contributed by atoms with E-state index < -0.39 is 0 Å². The number of nitrogens with zero attached hydrogens (tertiary/aromatic N) is 2. The van der Waals surface area contributed by atoms with Crippen molar-refractivity contribution >= 4 is 40.0 Å². The third-order valence-corrected chi connectivity index (χ3v) is 7.51. The van der Waals surface area contributed by atoms with Gasteiger partial charge >= 0.3 is 0 Å². The van der Waals surface area contributed by atoms with Crippen molar-refractivity contribution in [3.05, 3.63) is 82.0 Å². The van der Waals surface area contributed by atoms with Crippen LogP contribution in [0.2, 0.25) is 0 Å². The van der Waals surface area contributed by atoms with Gasteiger partial charge in [0.15, 0.2) is 5.11 Å². The van der Waals surface area contributed by atoms with Gasteiger partial charge in [0.2, 0.25) is 0 Å². The summed E-state index contributed by atoms with van der Waals surface area (Å²) >= 11 is 7.53. The Morgan fingerprint density at radius 2 is 1.69 bits per heavy atom. The van der Waals surface area contributed by atoms with Crippen molar-refractivity contribution in [3.8, 4) is 0 Å². The fourth-order valence-electron chi connectivity index (χ4n) is 4.43. The summed E-state index contributed by atoms with van der Waals surface area (Å²) in [5.41, 5.74) is 4.87. The molecule has 1 saturated heterocycles. The third-order valence-electron chi connectivity index (χ3n) is 6.35. The van der Waals surface area contributed by atoms with Gasteiger partial charge in [0, 0.05) is 48.5 Å². The zero-order valence-electron chi connectivity index (χ0n) is 19.0. The molecule has 0 aliphatic carbocycles. The molecule has 1 aromatic heterocycles. The van der Waals surface area contributed by atoms with E-state index in [1.807, 2.05) is 11.3 Å². The molecular formula is C26H32N4S2. The number of hydrogen-bond donors (Lipinski definition) is 2. The van der Waals surface area contributed by atoms with Crippen LogP contribution in [0, 0.1) is 13.8 Å². The number of rotatable bonds is 6. The highest BCUT2D eigenvalue weighted by Gasteiger charge is 2.30. The molecule has 3 aromatic rings. The molecule has 6 heteroatoms. The van der Waals surface area contributed by atoms with Gasteiger partial charge in [-0.2, -0.15) is 0 Å². The molecule has 168 valence electrons. The van der Waals surface area contributed by atoms with Crippen LogP contribution >= 0.6 is 23.6 Å². The maximum Gasteiger partial charge on any atom is 0.171 e. The standard InChI is InChI=1S/C26H32N4S2/c1-19-9-7-12-23(20(19)2)28-26(31)27-21(3)25(24-13-8-18-32-24)30-16-14-29(15-17-30)22-10-5-4-6-11-22/h4-13,18,21,25H,14-17H2,1-3H3,(H2,27,28,31)/t21-,25+/m0/s1. The number of hydrogen-bond acceptors (Lipinski definition) is 4. The molecule has 2 atom stereocenters. The first-order chi connectivity index (χ1) is 15.5. The van der Waals surface area contributed by atoms with Gasteiger partial charge in [-0.1, -0.05) is 36.4 Å². The number of piperazine rings is 1. The lowest BCUT2D eigenvalue weighted by molar-refractivity contribution is 0.163. The van der Waals surface area contributed by atoms with Gasteiger partial charge in [0.25, 0.3) is 0 Å². The lowest BCUT2D eigenvalue weighted by Crippen LogP contribution is -2.52. The molecule has 0 spiro atoms. The molecule has 2 heterocycles. The summed E-state index contributed by atoms with van der Waals surface area (Å²) in [7, 11) is 0. The lowest BCUT2D eigenvalue weighted by Gasteiger charge is -2.42. The molecule has 1 aliphatic rings. The van der Waals surface area contributed by atoms with E-state index >= 15 is 0 Å². The second-order valence-corrected chi connectivity index (χ2v) is 9.84. The van der Waals surface area contributed by atoms with Crippen LogP contribution in [0.15, 0.2) is 66.0 Å². The van der Waals surface area contributed by atoms with E-state index in [0.29, 0.717) is 5.11 Å². The van der Waals surface area contributed by atoms with Crippen molar-refractivity contribution in [1.29, 1.82) is 0 Å². The molecule has 4 nitrogen and oxygen atoms in total. The maximum atomic E-state index is 5.70. The van der Waals surface area contributed by atoms with Gasteiger partial charge in [0.1, 0.15) is 0 Å². The van der Waals surface area contributed by atoms with Gasteiger partial charge in [0.05, 0.1) is 6.04 Å². The van der Waals surface area contributed by atoms with Crippen molar-refractivity contribution in [2.45, 2.75) is 32.9 Å². The fourth-order valence-corrected chi connectivity index (χ4v) is 5.69. The molecular weight excluding hydrogens is 432 g/mol. The smallest absolute Gasteiger partial charge is 0.171 e. The summed E-state index contributed by atoms with van der Waals surface area (Å²) in [6.45, 7) is 10.6. The van der Waals surface area contributed by atoms with Gasteiger partial charge in [-0.15, -0.1) is 11.3 Å². The fraction of sp³-hybridized carbons (Fsp3) is 0.346. The van der Waals surface area contributed by atoms with E-state index in [1.165, 1.54) is 21.7 Å². The van der Waals surface area contributed by atoms with Crippen LogP contribution in [0.3, 0.4) is 0 Å². The molecule has 0 unspecified atom stereocenters. The maximum absolute atomic E-state index is 5.70. The minimum atomic E-state index is 0.182. The summed E-state index contributed by atoms with van der Waals surface area (Å²) in [4.78, 5) is 6.46. The van der Waals surface area contributed by atoms with Crippen molar-refractivity contribution in [3.63, 3.8) is 0 Å². The first kappa shape index (κ1) is 22.8. The number of benzene rings is 2. The van der Waals surface area contributed by atoms with Gasteiger partial charge in [-0.3, -0.25) is 4.90 Å². The highest BCUT2D eigenvalue weighted by Crippen LogP contribution is 2.30. The third kappa shape index (κ3) is 5.31. The van der Waals surface area contributed by atoms with Crippen LogP contribution < -0.4 is 15.5 Å². The average molecular weight is 465 g/mol. The molecule has 2 aromatic carbocycles. The molecule has 2 N–H and O–H groups in total. The minimum Gasteiger partial charge on any atom is -0.369 e. The number of para-hydroxylation sites is 1. The van der Waals surface area contributed by atoms with Crippen LogP contribution in [0.4, 0.5) is 11.4 Å². The van der Waals surface area contributed by atoms with Crippen LogP contribution in [0.25, 0.3) is 0 Å². The van der Waals surface area contributed by atoms with E-state index in [9.17, 15) is 0 Å². The number of thiocarbonyl (C=S) groups is 1. The Balaban J connectivity index is 1.43. The second kappa shape index (κ2) is 10.5. The predicted molar refractivity (Wildman–Crippen MR) is 142 cm³/mol. The van der Waals surface area contributed by atoms with Gasteiger partial charge in [-0.05, 0) is 73.8 Å². The second-order valence-electron chi connectivity index (χ2n) is 8.45. The van der Waals surface area contributed by atoms with E-state index in [0.717, 1.165) is 31.9 Å². The number of nitrogens with one attached hydrogen (secondary N) is 2. The van der Waals surface area contributed by atoms with Crippen molar-refractivity contribution < 1.29 is 0 Å². The average Bonchev–Trinajstić information content (AvgIpc) is 3.32. The first-order valence-electron chi connectivity index (χ1n) is 11.2. The highest BCUT2D eigenvalue weighted by atomic mass is 32.1. The molecule has 0 radical (unpaired) electrons. The Labute approximate surface area is 201 Å². The number of anilines is 2. The predicted octanol–water partition coefficient (Wildman–Crippen LogP) is 5.60. The zero-order valence-corrected chi connectivity index (χ0v) is 20.7. The van der Waals surface area contributed by atoms with E-state index in [-0.39, 0.29) is 12.1 Å². The molecule has 32 heavy (non-hydrogen) atoms. The Morgan fingerprint density at radius 1 is 0.938 bits per heavy atom. The normalized spacial score (nSPS) is 16.4. The SMILES string of the molecule is Cc1cccc(NC(=S)N[C@@H](C)[C@H](c2cccs2)N2CCN(c3ccccc3)CC2)c1C. The molecule has 1 fully saturated rings. The Hall–Kier alpha value is -2.41. The summed E-state index contributed by atoms with van der Waals surface area (Å²) in [6.07, 6.45) is 0. The van der Waals surface area contributed by atoms with Crippen LogP contribution in [-0.4, -0.2) is 42.2 Å². The van der Waals surface area contributed by atoms with E-state index in [2.05, 4.69) is 107 Å². The van der Waals surface area contributed by atoms with Crippen LogP contribution in [-0.2, 0) is 0 Å². The topological polar surface area (TPSA) is 30.5 Å². The highest BCUT2D eigenvalue weighted by molar-refractivity contribution is 7.80. The monoisotopic (exact) mass is 464 g/mol. The molecule has 0 amide bonds. The molecule has 0 bridgehead atoms. The quantitative estimate of drug-likeness (QED) is 0.464. The van der Waals surface area contributed by atoms with Gasteiger partial charge < -0.3 is 15.5 Å². The van der Waals surface area contributed by atoms with E-state index in [1.54, 1.807) is 0 Å². The van der Waals surface area contributed by atoms with Crippen LogP contribution in [0.5, 0.6) is 0 Å². The molecule has 0 saturated carbocycles. The summed E-state index contributed by atoms with van der Waals surface area (Å²) in [5, 5.41) is 9.83. The zero-order chi connectivity index (χ0) is 22.5. The van der Waals surface area contributed by atoms with Crippen LogP contribution in [0.1, 0.15) is 29.0 Å². The Morgan fingerprint density at radius 3 is 2.38 bits per heavy atom. The Bertz CT molecular complexity index is 1010. The Kier molecular flexibility index (Phi) is 7.45. The summed E-state index contributed by atoms with van der Waals surface area (Å²) in [6, 6.07) is 21.9. The summed E-state index contributed by atoms with van der Waals surface area (Å²) in [5.74, 6) is 0. The van der Waals surface area contributed by atoms with Crippen molar-refractivity contribution in [2.24, 2.45) is 0 Å². The van der Waals surface area contributed by atoms with Gasteiger partial charge in [-0.25, -0.2) is 0 Å². The van der Waals surface area contributed by atoms with Crippen molar-refractivity contribution in [2.75, 3.05) is 36.4 Å².